The van der Waals surface area contributed by atoms with Crippen LogP contribution in [0.4, 0.5) is 0 Å². The largest absolute Gasteiger partial charge is 0.478 e. The van der Waals surface area contributed by atoms with E-state index in [-0.39, 0.29) is 0 Å². The van der Waals surface area contributed by atoms with Crippen molar-refractivity contribution < 1.29 is 15.0 Å². The van der Waals surface area contributed by atoms with Crippen molar-refractivity contribution in [1.82, 2.24) is 0 Å². The van der Waals surface area contributed by atoms with Crippen molar-refractivity contribution in [3.63, 3.8) is 0 Å². The van der Waals surface area contributed by atoms with Gasteiger partial charge in [0.05, 0.1) is 6.10 Å². The van der Waals surface area contributed by atoms with Gasteiger partial charge in [-0.2, -0.15) is 0 Å². The molecule has 0 radical (unpaired) electrons. The Labute approximate surface area is 90.4 Å². The minimum atomic E-state index is -0.989. The summed E-state index contributed by atoms with van der Waals surface area (Å²) in [5, 5.41) is 17.7. The maximum atomic E-state index is 10.1. The zero-order valence-electron chi connectivity index (χ0n) is 8.97. The lowest BCUT2D eigenvalue weighted by molar-refractivity contribution is -0.131. The highest BCUT2D eigenvalue weighted by atomic mass is 16.4. The SMILES string of the molecule is CCC/C=C/C[C@H](O)/C=C/C=C/C(=O)O. The van der Waals surface area contributed by atoms with Gasteiger partial charge in [0.15, 0.2) is 0 Å². The fraction of sp³-hybridized carbons (Fsp3) is 0.417. The molecule has 0 aromatic rings. The van der Waals surface area contributed by atoms with E-state index in [0.717, 1.165) is 18.9 Å². The van der Waals surface area contributed by atoms with Gasteiger partial charge in [-0.05, 0) is 12.8 Å². The van der Waals surface area contributed by atoms with Gasteiger partial charge in [-0.1, -0.05) is 43.7 Å². The summed E-state index contributed by atoms with van der Waals surface area (Å²) in [6.45, 7) is 2.09. The fourth-order valence-corrected chi connectivity index (χ4v) is 0.929. The van der Waals surface area contributed by atoms with Gasteiger partial charge in [0, 0.05) is 6.08 Å². The van der Waals surface area contributed by atoms with Crippen molar-refractivity contribution in [2.75, 3.05) is 0 Å². The van der Waals surface area contributed by atoms with Crippen molar-refractivity contribution in [2.45, 2.75) is 32.3 Å². The monoisotopic (exact) mass is 210 g/mol. The number of rotatable bonds is 7. The Morgan fingerprint density at radius 2 is 2.07 bits per heavy atom. The molecular formula is C12H18O3. The maximum Gasteiger partial charge on any atom is 0.328 e. The Morgan fingerprint density at radius 1 is 1.33 bits per heavy atom. The van der Waals surface area contributed by atoms with Crippen LogP contribution in [0.15, 0.2) is 36.5 Å². The van der Waals surface area contributed by atoms with Gasteiger partial charge in [0.25, 0.3) is 0 Å². The summed E-state index contributed by atoms with van der Waals surface area (Å²) in [6.07, 6.45) is 11.6. The first-order valence-electron chi connectivity index (χ1n) is 5.07. The summed E-state index contributed by atoms with van der Waals surface area (Å²) >= 11 is 0. The third kappa shape index (κ3) is 10.6. The Morgan fingerprint density at radius 3 is 2.67 bits per heavy atom. The lowest BCUT2D eigenvalue weighted by atomic mass is 10.2. The van der Waals surface area contributed by atoms with E-state index < -0.39 is 12.1 Å². The highest BCUT2D eigenvalue weighted by Crippen LogP contribution is 1.98. The molecule has 0 fully saturated rings. The molecule has 0 aromatic carbocycles. The minimum Gasteiger partial charge on any atom is -0.478 e. The number of aliphatic hydroxyl groups excluding tert-OH is 1. The zero-order valence-corrected chi connectivity index (χ0v) is 8.97. The molecule has 3 heteroatoms. The molecule has 84 valence electrons. The van der Waals surface area contributed by atoms with Crippen LogP contribution in [0.2, 0.25) is 0 Å². The van der Waals surface area contributed by atoms with Gasteiger partial charge in [0.2, 0.25) is 0 Å². The molecule has 0 aliphatic rings. The molecule has 0 saturated carbocycles. The Kier molecular flexibility index (Phi) is 8.39. The van der Waals surface area contributed by atoms with Crippen LogP contribution >= 0.6 is 0 Å². The fourth-order valence-electron chi connectivity index (χ4n) is 0.929. The molecule has 1 atom stereocenters. The highest BCUT2D eigenvalue weighted by Gasteiger charge is 1.92. The van der Waals surface area contributed by atoms with Crippen molar-refractivity contribution in [3.8, 4) is 0 Å². The van der Waals surface area contributed by atoms with Gasteiger partial charge in [-0.25, -0.2) is 4.79 Å². The molecule has 0 rings (SSSR count). The molecule has 0 bridgehead atoms. The molecule has 0 aliphatic heterocycles. The van der Waals surface area contributed by atoms with Crippen LogP contribution in [0.1, 0.15) is 26.2 Å². The molecule has 3 nitrogen and oxygen atoms in total. The van der Waals surface area contributed by atoms with Crippen LogP contribution < -0.4 is 0 Å². The lowest BCUT2D eigenvalue weighted by Gasteiger charge is -1.98. The second-order valence-corrected chi connectivity index (χ2v) is 3.15. The molecule has 0 aliphatic carbocycles. The normalized spacial score (nSPS) is 14.3. The summed E-state index contributed by atoms with van der Waals surface area (Å²) in [5.41, 5.74) is 0. The number of aliphatic hydroxyl groups is 1. The van der Waals surface area contributed by atoms with Crippen molar-refractivity contribution in [1.29, 1.82) is 0 Å². The molecule has 2 N–H and O–H groups in total. The number of carbonyl (C=O) groups is 1. The smallest absolute Gasteiger partial charge is 0.328 e. The van der Waals surface area contributed by atoms with Gasteiger partial charge in [-0.3, -0.25) is 0 Å². The predicted molar refractivity (Wildman–Crippen MR) is 60.6 cm³/mol. The Balaban J connectivity index is 3.73. The first-order valence-corrected chi connectivity index (χ1v) is 5.07. The second kappa shape index (κ2) is 9.21. The summed E-state index contributed by atoms with van der Waals surface area (Å²) in [4.78, 5) is 10.1. The van der Waals surface area contributed by atoms with E-state index in [1.807, 2.05) is 12.2 Å². The average molecular weight is 210 g/mol. The van der Waals surface area contributed by atoms with Gasteiger partial charge in [0.1, 0.15) is 0 Å². The number of hydrogen-bond donors (Lipinski definition) is 2. The lowest BCUT2D eigenvalue weighted by Crippen LogP contribution is -1.98. The molecule has 0 heterocycles. The van der Waals surface area contributed by atoms with Crippen LogP contribution in [-0.4, -0.2) is 22.3 Å². The number of carboxylic acids is 1. The van der Waals surface area contributed by atoms with Crippen molar-refractivity contribution in [2.24, 2.45) is 0 Å². The van der Waals surface area contributed by atoms with E-state index in [0.29, 0.717) is 6.42 Å². The van der Waals surface area contributed by atoms with E-state index in [2.05, 4.69) is 6.92 Å². The molecule has 15 heavy (non-hydrogen) atoms. The van der Waals surface area contributed by atoms with Gasteiger partial charge < -0.3 is 10.2 Å². The third-order valence-corrected chi connectivity index (χ3v) is 1.68. The number of unbranched alkanes of at least 4 members (excludes halogenated alkanes) is 1. The van der Waals surface area contributed by atoms with Crippen molar-refractivity contribution in [3.05, 3.63) is 36.5 Å². The molecule has 0 unspecified atom stereocenters. The number of hydrogen-bond acceptors (Lipinski definition) is 2. The quantitative estimate of drug-likeness (QED) is 0.385. The summed E-state index contributed by atoms with van der Waals surface area (Å²) < 4.78 is 0. The highest BCUT2D eigenvalue weighted by molar-refractivity contribution is 5.80. The van der Waals surface area contributed by atoms with Crippen LogP contribution in [0.5, 0.6) is 0 Å². The van der Waals surface area contributed by atoms with Crippen molar-refractivity contribution >= 4 is 5.97 Å². The Bertz CT molecular complexity index is 252. The van der Waals surface area contributed by atoms with Gasteiger partial charge in [-0.15, -0.1) is 0 Å². The third-order valence-electron chi connectivity index (χ3n) is 1.68. The standard InChI is InChI=1S/C12H18O3/c1-2-3-4-5-8-11(13)9-6-7-10-12(14)15/h4-7,9-11,13H,2-3,8H2,1H3,(H,14,15)/b5-4+,9-6+,10-7+/t11-/m0/s1. The average Bonchev–Trinajstić information content (AvgIpc) is 2.19. The van der Waals surface area contributed by atoms with Crippen LogP contribution in [0.25, 0.3) is 0 Å². The summed E-state index contributed by atoms with van der Waals surface area (Å²) in [7, 11) is 0. The number of aliphatic carboxylic acids is 1. The maximum absolute atomic E-state index is 10.1. The van der Waals surface area contributed by atoms with E-state index in [9.17, 15) is 9.90 Å². The first kappa shape index (κ1) is 13.7. The zero-order chi connectivity index (χ0) is 11.5. The predicted octanol–water partition coefficient (Wildman–Crippen LogP) is 2.29. The van der Waals surface area contributed by atoms with Crippen LogP contribution in [0.3, 0.4) is 0 Å². The van der Waals surface area contributed by atoms with E-state index in [1.165, 1.54) is 12.2 Å². The topological polar surface area (TPSA) is 57.5 Å². The molecule has 0 saturated heterocycles. The number of allylic oxidation sites excluding steroid dienone is 3. The summed E-state index contributed by atoms with van der Waals surface area (Å²) in [6, 6.07) is 0. The summed E-state index contributed by atoms with van der Waals surface area (Å²) in [5.74, 6) is -0.989. The van der Waals surface area contributed by atoms with Crippen LogP contribution in [-0.2, 0) is 4.79 Å². The Hall–Kier alpha value is -1.35. The molecular weight excluding hydrogens is 192 g/mol. The van der Waals surface area contributed by atoms with E-state index in [1.54, 1.807) is 6.08 Å². The second-order valence-electron chi connectivity index (χ2n) is 3.15. The molecule has 0 spiro atoms. The van der Waals surface area contributed by atoms with E-state index in [4.69, 9.17) is 5.11 Å². The molecule has 0 aromatic heterocycles. The molecule has 0 amide bonds. The van der Waals surface area contributed by atoms with Gasteiger partial charge >= 0.3 is 5.97 Å². The van der Waals surface area contributed by atoms with E-state index >= 15 is 0 Å². The van der Waals surface area contributed by atoms with Crippen LogP contribution in [0, 0.1) is 0 Å². The number of carboxylic acid groups (broad SMARTS) is 1. The first-order chi connectivity index (χ1) is 7.16. The minimum absolute atomic E-state index is 0.545.